The summed E-state index contributed by atoms with van der Waals surface area (Å²) in [7, 11) is 6.02. The molecule has 1 fully saturated rings. The van der Waals surface area contributed by atoms with Crippen LogP contribution in [0.2, 0.25) is 0 Å². The molecule has 0 bridgehead atoms. The first-order valence-corrected chi connectivity index (χ1v) is 6.83. The zero-order valence-electron chi connectivity index (χ0n) is 12.4. The summed E-state index contributed by atoms with van der Waals surface area (Å²) in [5.74, 6) is -0.108. The van der Waals surface area contributed by atoms with Crippen LogP contribution in [0.4, 0.5) is 5.69 Å². The van der Waals surface area contributed by atoms with Crippen molar-refractivity contribution in [2.75, 3.05) is 52.7 Å². The molecule has 2 heterocycles. The molecule has 1 atom stereocenters. The van der Waals surface area contributed by atoms with Crippen LogP contribution in [-0.2, 0) is 16.1 Å². The van der Waals surface area contributed by atoms with E-state index in [0.29, 0.717) is 18.8 Å². The van der Waals surface area contributed by atoms with Gasteiger partial charge < -0.3 is 19.9 Å². The number of likely N-dealkylation sites (N-methyl/N-ethyl adjacent to an activating group) is 2. The van der Waals surface area contributed by atoms with Crippen molar-refractivity contribution in [1.29, 1.82) is 0 Å². The molecular weight excluding hydrogens is 258 g/mol. The van der Waals surface area contributed by atoms with Gasteiger partial charge in [0.2, 0.25) is 0 Å². The predicted octanol–water partition coefficient (Wildman–Crippen LogP) is -0.286. The van der Waals surface area contributed by atoms with Gasteiger partial charge in [0, 0.05) is 25.8 Å². The van der Waals surface area contributed by atoms with E-state index in [0.717, 1.165) is 19.6 Å². The Kier molecular flexibility index (Phi) is 5.11. The molecule has 0 unspecified atom stereocenters. The maximum atomic E-state index is 12.1. The number of carbonyl (C=O) groups excluding carboxylic acids is 1. The van der Waals surface area contributed by atoms with Gasteiger partial charge in [-0.25, -0.2) is 0 Å². The van der Waals surface area contributed by atoms with Gasteiger partial charge in [0.1, 0.15) is 6.10 Å². The Morgan fingerprint density at radius 1 is 1.60 bits per heavy atom. The lowest BCUT2D eigenvalue weighted by Gasteiger charge is -2.28. The van der Waals surface area contributed by atoms with Crippen molar-refractivity contribution in [3.63, 3.8) is 0 Å². The Morgan fingerprint density at radius 2 is 2.40 bits per heavy atom. The largest absolute Gasteiger partial charge is 0.366 e. The normalized spacial score (nSPS) is 20.3. The van der Waals surface area contributed by atoms with Crippen LogP contribution in [0, 0.1) is 0 Å². The van der Waals surface area contributed by atoms with Gasteiger partial charge >= 0.3 is 0 Å². The Balaban J connectivity index is 1.84. The van der Waals surface area contributed by atoms with Crippen LogP contribution in [-0.4, -0.2) is 79.0 Å². The lowest BCUT2D eigenvalue weighted by atomic mass is 10.2. The molecular formula is C13H23N5O2. The first kappa shape index (κ1) is 15.0. The van der Waals surface area contributed by atoms with E-state index in [2.05, 4.69) is 20.2 Å². The van der Waals surface area contributed by atoms with Crippen LogP contribution in [0.5, 0.6) is 0 Å². The molecule has 0 saturated carbocycles. The van der Waals surface area contributed by atoms with Crippen molar-refractivity contribution in [3.05, 3.63) is 12.4 Å². The number of hydrogen-bond donors (Lipinski definition) is 1. The molecule has 112 valence electrons. The summed E-state index contributed by atoms with van der Waals surface area (Å²) in [6, 6.07) is 0. The molecule has 0 aromatic carbocycles. The highest BCUT2D eigenvalue weighted by Gasteiger charge is 2.24. The highest BCUT2D eigenvalue weighted by atomic mass is 16.5. The Bertz CT molecular complexity index is 446. The molecule has 1 aliphatic rings. The topological polar surface area (TPSA) is 62.6 Å². The van der Waals surface area contributed by atoms with Gasteiger partial charge in [-0.2, -0.15) is 5.10 Å². The maximum Gasteiger partial charge on any atom is 0.254 e. The van der Waals surface area contributed by atoms with Gasteiger partial charge in [-0.3, -0.25) is 9.48 Å². The third kappa shape index (κ3) is 4.29. The number of morpholine rings is 1. The minimum Gasteiger partial charge on any atom is -0.366 e. The fraction of sp³-hybridized carbons (Fsp3) is 0.692. The number of rotatable bonds is 5. The second-order valence-corrected chi connectivity index (χ2v) is 5.41. The van der Waals surface area contributed by atoms with Crippen LogP contribution >= 0.6 is 0 Å². The smallest absolute Gasteiger partial charge is 0.254 e. The zero-order valence-corrected chi connectivity index (χ0v) is 12.4. The van der Waals surface area contributed by atoms with E-state index in [9.17, 15) is 4.79 Å². The third-order valence-corrected chi connectivity index (χ3v) is 3.24. The molecule has 0 spiro atoms. The second-order valence-electron chi connectivity index (χ2n) is 5.41. The molecule has 1 aromatic rings. The summed E-state index contributed by atoms with van der Waals surface area (Å²) >= 11 is 0. The van der Waals surface area contributed by atoms with E-state index < -0.39 is 6.10 Å². The quantitative estimate of drug-likeness (QED) is 0.804. The summed E-state index contributed by atoms with van der Waals surface area (Å²) in [6.45, 7) is 3.79. The molecule has 20 heavy (non-hydrogen) atoms. The first-order valence-electron chi connectivity index (χ1n) is 6.83. The highest BCUT2D eigenvalue weighted by Crippen LogP contribution is 2.09. The molecule has 1 aliphatic heterocycles. The van der Waals surface area contributed by atoms with E-state index in [1.807, 2.05) is 32.0 Å². The second kappa shape index (κ2) is 6.83. The first-order chi connectivity index (χ1) is 9.54. The van der Waals surface area contributed by atoms with E-state index in [1.165, 1.54) is 0 Å². The van der Waals surface area contributed by atoms with Gasteiger partial charge in [-0.05, 0) is 21.1 Å². The summed E-state index contributed by atoms with van der Waals surface area (Å²) in [6.07, 6.45) is 3.10. The number of hydrogen-bond acceptors (Lipinski definition) is 5. The van der Waals surface area contributed by atoms with Crippen molar-refractivity contribution >= 4 is 11.6 Å². The van der Waals surface area contributed by atoms with Gasteiger partial charge in [-0.1, -0.05) is 0 Å². The van der Waals surface area contributed by atoms with Crippen LogP contribution in [0.15, 0.2) is 12.4 Å². The molecule has 7 nitrogen and oxygen atoms in total. The average Bonchev–Trinajstić information content (AvgIpc) is 2.84. The zero-order chi connectivity index (χ0) is 14.5. The number of nitrogens with one attached hydrogen (secondary N) is 1. The minimum atomic E-state index is -0.404. The summed E-state index contributed by atoms with van der Waals surface area (Å²) < 4.78 is 7.30. The number of nitrogens with zero attached hydrogens (tertiary/aromatic N) is 4. The summed E-state index contributed by atoms with van der Waals surface area (Å²) in [4.78, 5) is 16.3. The Hall–Kier alpha value is -1.44. The van der Waals surface area contributed by atoms with Crippen LogP contribution in [0.25, 0.3) is 0 Å². The molecule has 0 aliphatic carbocycles. The monoisotopic (exact) mass is 281 g/mol. The van der Waals surface area contributed by atoms with E-state index in [-0.39, 0.29) is 5.91 Å². The van der Waals surface area contributed by atoms with Gasteiger partial charge in [0.05, 0.1) is 25.0 Å². The van der Waals surface area contributed by atoms with E-state index in [1.54, 1.807) is 6.20 Å². The molecule has 2 rings (SSSR count). The molecule has 7 heteroatoms. The summed E-state index contributed by atoms with van der Waals surface area (Å²) in [5.41, 5.74) is 0.714. The molecule has 1 saturated heterocycles. The molecule has 1 amide bonds. The lowest BCUT2D eigenvalue weighted by Crippen LogP contribution is -2.46. The van der Waals surface area contributed by atoms with Gasteiger partial charge in [-0.15, -0.1) is 0 Å². The van der Waals surface area contributed by atoms with Crippen molar-refractivity contribution in [2.45, 2.75) is 12.6 Å². The third-order valence-electron chi connectivity index (χ3n) is 3.24. The van der Waals surface area contributed by atoms with Crippen molar-refractivity contribution in [2.24, 2.45) is 0 Å². The van der Waals surface area contributed by atoms with Crippen LogP contribution < -0.4 is 5.32 Å². The fourth-order valence-corrected chi connectivity index (χ4v) is 2.01. The maximum absolute atomic E-state index is 12.1. The Morgan fingerprint density at radius 3 is 3.10 bits per heavy atom. The molecule has 0 radical (unpaired) electrons. The number of aromatic nitrogens is 2. The molecule has 1 aromatic heterocycles. The van der Waals surface area contributed by atoms with Crippen molar-refractivity contribution < 1.29 is 9.53 Å². The van der Waals surface area contributed by atoms with Crippen molar-refractivity contribution in [1.82, 2.24) is 19.6 Å². The highest BCUT2D eigenvalue weighted by molar-refractivity contribution is 5.94. The Labute approximate surface area is 119 Å². The fourth-order valence-electron chi connectivity index (χ4n) is 2.01. The predicted molar refractivity (Wildman–Crippen MR) is 76.6 cm³/mol. The number of ether oxygens (including phenoxy) is 1. The van der Waals surface area contributed by atoms with Crippen molar-refractivity contribution in [3.8, 4) is 0 Å². The summed E-state index contributed by atoms with van der Waals surface area (Å²) in [5, 5.41) is 7.08. The average molecular weight is 281 g/mol. The standard InChI is InChI=1S/C13H23N5O2/c1-16(2)4-5-18-9-11(8-14-18)15-13(19)12-10-17(3)6-7-20-12/h8-9,12H,4-7,10H2,1-3H3,(H,15,19)/t12-/m0/s1. The van der Waals surface area contributed by atoms with E-state index >= 15 is 0 Å². The number of carbonyl (C=O) groups is 1. The number of amides is 1. The van der Waals surface area contributed by atoms with E-state index in [4.69, 9.17) is 4.74 Å². The van der Waals surface area contributed by atoms with Gasteiger partial charge in [0.25, 0.3) is 5.91 Å². The number of anilines is 1. The van der Waals surface area contributed by atoms with Gasteiger partial charge in [0.15, 0.2) is 0 Å². The molecule has 1 N–H and O–H groups in total. The minimum absolute atomic E-state index is 0.108. The SMILES string of the molecule is CN(C)CCn1cc(NC(=O)[C@@H]2CN(C)CCO2)cn1. The lowest BCUT2D eigenvalue weighted by molar-refractivity contribution is -0.132. The van der Waals surface area contributed by atoms with Crippen LogP contribution in [0.1, 0.15) is 0 Å². The van der Waals surface area contributed by atoms with Crippen LogP contribution in [0.3, 0.4) is 0 Å².